The van der Waals surface area contributed by atoms with Gasteiger partial charge in [-0.25, -0.2) is 4.98 Å². The molecule has 2 N–H and O–H groups in total. The summed E-state index contributed by atoms with van der Waals surface area (Å²) in [5.41, 5.74) is 3.17. The van der Waals surface area contributed by atoms with E-state index in [1.54, 1.807) is 38.5 Å². The van der Waals surface area contributed by atoms with E-state index in [-0.39, 0.29) is 18.3 Å². The number of carbonyl (C=O) groups excluding carboxylic acids is 2. The molecule has 0 aliphatic rings. The number of Topliss-reactive ketones (excluding diaryl/α,β-unsaturated/α-hetero) is 1. The van der Waals surface area contributed by atoms with Crippen molar-refractivity contribution in [2.24, 2.45) is 11.8 Å². The Labute approximate surface area is 158 Å². The first-order valence-corrected chi connectivity index (χ1v) is 8.90. The number of ketones is 1. The number of benzene rings is 2. The molecule has 0 bridgehead atoms. The monoisotopic (exact) mass is 365 g/mol. The number of rotatable bonds is 8. The molecular formula is C21H23N3O3. The number of amides is 1. The van der Waals surface area contributed by atoms with E-state index in [9.17, 15) is 9.59 Å². The van der Waals surface area contributed by atoms with E-state index in [1.807, 2.05) is 30.3 Å². The van der Waals surface area contributed by atoms with Gasteiger partial charge in [-0.2, -0.15) is 0 Å². The highest BCUT2D eigenvalue weighted by molar-refractivity contribution is 6.02. The van der Waals surface area contributed by atoms with Crippen LogP contribution in [0.3, 0.4) is 0 Å². The van der Waals surface area contributed by atoms with Crippen molar-refractivity contribution in [3.05, 3.63) is 66.0 Å². The van der Waals surface area contributed by atoms with Crippen LogP contribution in [-0.2, 0) is 16.1 Å². The van der Waals surface area contributed by atoms with E-state index in [0.29, 0.717) is 12.2 Å². The van der Waals surface area contributed by atoms with Crippen LogP contribution in [-0.4, -0.2) is 35.3 Å². The van der Waals surface area contributed by atoms with E-state index < -0.39 is 11.8 Å². The Bertz CT molecular complexity index is 921. The number of nitrogens with zero attached hydrogens (tertiary/aromatic N) is 1. The minimum Gasteiger partial charge on any atom is -0.376 e. The van der Waals surface area contributed by atoms with Crippen LogP contribution in [0.25, 0.3) is 11.0 Å². The predicted molar refractivity (Wildman–Crippen MR) is 103 cm³/mol. The number of aromatic nitrogens is 2. The first-order valence-electron chi connectivity index (χ1n) is 8.90. The van der Waals surface area contributed by atoms with Gasteiger partial charge in [0.25, 0.3) is 0 Å². The maximum Gasteiger partial charge on any atom is 0.225 e. The van der Waals surface area contributed by atoms with Crippen LogP contribution in [0.1, 0.15) is 22.8 Å². The van der Waals surface area contributed by atoms with Crippen LogP contribution in [0.4, 0.5) is 0 Å². The fraction of sp³-hybridized carbons (Fsp3) is 0.286. The smallest absolute Gasteiger partial charge is 0.225 e. The lowest BCUT2D eigenvalue weighted by Gasteiger charge is -2.22. The molecule has 0 aliphatic carbocycles. The Morgan fingerprint density at radius 1 is 1.19 bits per heavy atom. The quantitative estimate of drug-likeness (QED) is 0.601. The molecule has 3 rings (SSSR count). The van der Waals surface area contributed by atoms with Gasteiger partial charge >= 0.3 is 0 Å². The zero-order valence-electron chi connectivity index (χ0n) is 15.4. The number of hydrogen-bond donors (Lipinski definition) is 2. The third-order valence-corrected chi connectivity index (χ3v) is 4.71. The highest BCUT2D eigenvalue weighted by Crippen LogP contribution is 2.21. The van der Waals surface area contributed by atoms with Crippen molar-refractivity contribution in [3.63, 3.8) is 0 Å². The number of hydrogen-bond acceptors (Lipinski definition) is 4. The molecule has 6 heteroatoms. The highest BCUT2D eigenvalue weighted by atomic mass is 16.5. The Morgan fingerprint density at radius 2 is 1.96 bits per heavy atom. The highest BCUT2D eigenvalue weighted by Gasteiger charge is 2.30. The molecule has 1 aromatic heterocycles. The fourth-order valence-electron chi connectivity index (χ4n) is 3.04. The zero-order chi connectivity index (χ0) is 19.2. The van der Waals surface area contributed by atoms with E-state index in [4.69, 9.17) is 4.74 Å². The van der Waals surface area contributed by atoms with Gasteiger partial charge in [0, 0.05) is 18.5 Å². The van der Waals surface area contributed by atoms with E-state index in [1.165, 1.54) is 0 Å². The first-order chi connectivity index (χ1) is 13.1. The molecule has 27 heavy (non-hydrogen) atoms. The van der Waals surface area contributed by atoms with Crippen LogP contribution in [0.5, 0.6) is 0 Å². The molecule has 0 spiro atoms. The summed E-state index contributed by atoms with van der Waals surface area (Å²) >= 11 is 0. The summed E-state index contributed by atoms with van der Waals surface area (Å²) in [7, 11) is 1.57. The van der Waals surface area contributed by atoms with Crippen molar-refractivity contribution in [1.29, 1.82) is 0 Å². The topological polar surface area (TPSA) is 84.1 Å². The lowest BCUT2D eigenvalue weighted by atomic mass is 9.87. The Hall–Kier alpha value is -2.99. The normalized spacial score (nSPS) is 13.3. The van der Waals surface area contributed by atoms with Gasteiger partial charge in [0.2, 0.25) is 5.91 Å². The molecule has 3 aromatic rings. The molecule has 1 amide bonds. The lowest BCUT2D eigenvalue weighted by molar-refractivity contribution is -0.128. The number of fused-ring (bicyclic) bond motifs is 1. The maximum absolute atomic E-state index is 12.9. The standard InChI is InChI=1S/C21H23N3O3/c1-14(20(25)16-8-9-18-19(10-16)24-13-23-18)17(21(26)22-2)12-27-11-15-6-4-3-5-7-15/h3-10,13-14,17H,11-12H2,1-2H3,(H,22,26)(H,23,24). The molecule has 0 saturated heterocycles. The Morgan fingerprint density at radius 3 is 2.70 bits per heavy atom. The summed E-state index contributed by atoms with van der Waals surface area (Å²) in [6, 6.07) is 15.0. The fourth-order valence-corrected chi connectivity index (χ4v) is 3.04. The zero-order valence-corrected chi connectivity index (χ0v) is 15.4. The average Bonchev–Trinajstić information content (AvgIpc) is 3.18. The summed E-state index contributed by atoms with van der Waals surface area (Å²) in [5.74, 6) is -1.38. The summed E-state index contributed by atoms with van der Waals surface area (Å²) in [6.07, 6.45) is 1.59. The van der Waals surface area contributed by atoms with Gasteiger partial charge in [0.1, 0.15) is 0 Å². The van der Waals surface area contributed by atoms with E-state index >= 15 is 0 Å². The molecule has 2 aromatic carbocycles. The van der Waals surface area contributed by atoms with Gasteiger partial charge in [-0.15, -0.1) is 0 Å². The van der Waals surface area contributed by atoms with Gasteiger partial charge in [-0.05, 0) is 23.8 Å². The third-order valence-electron chi connectivity index (χ3n) is 4.71. The number of ether oxygens (including phenoxy) is 1. The van der Waals surface area contributed by atoms with Crippen molar-refractivity contribution < 1.29 is 14.3 Å². The Balaban J connectivity index is 1.70. The molecule has 0 radical (unpaired) electrons. The van der Waals surface area contributed by atoms with Crippen molar-refractivity contribution in [1.82, 2.24) is 15.3 Å². The number of nitrogens with one attached hydrogen (secondary N) is 2. The van der Waals surface area contributed by atoms with Crippen LogP contribution >= 0.6 is 0 Å². The summed E-state index contributed by atoms with van der Waals surface area (Å²) < 4.78 is 5.74. The summed E-state index contributed by atoms with van der Waals surface area (Å²) in [5, 5.41) is 2.64. The van der Waals surface area contributed by atoms with Gasteiger partial charge in [0.05, 0.1) is 36.5 Å². The van der Waals surface area contributed by atoms with Gasteiger partial charge < -0.3 is 15.0 Å². The van der Waals surface area contributed by atoms with E-state index in [0.717, 1.165) is 16.6 Å². The molecule has 1 heterocycles. The maximum atomic E-state index is 12.9. The molecule has 6 nitrogen and oxygen atoms in total. The molecular weight excluding hydrogens is 342 g/mol. The van der Waals surface area contributed by atoms with E-state index in [2.05, 4.69) is 15.3 Å². The van der Waals surface area contributed by atoms with Crippen molar-refractivity contribution in [2.75, 3.05) is 13.7 Å². The summed E-state index contributed by atoms with van der Waals surface area (Å²) in [4.78, 5) is 32.4. The number of aromatic amines is 1. The largest absolute Gasteiger partial charge is 0.376 e. The SMILES string of the molecule is CNC(=O)C(COCc1ccccc1)C(C)C(=O)c1ccc2nc[nH]c2c1. The van der Waals surface area contributed by atoms with Crippen LogP contribution < -0.4 is 5.32 Å². The number of imidazole rings is 1. The minimum absolute atomic E-state index is 0.0941. The second kappa shape index (κ2) is 8.60. The van der Waals surface area contributed by atoms with Gasteiger partial charge in [-0.3, -0.25) is 9.59 Å². The molecule has 2 atom stereocenters. The van der Waals surface area contributed by atoms with Crippen LogP contribution in [0.2, 0.25) is 0 Å². The second-order valence-corrected chi connectivity index (χ2v) is 6.51. The second-order valence-electron chi connectivity index (χ2n) is 6.51. The molecule has 140 valence electrons. The third kappa shape index (κ3) is 4.41. The van der Waals surface area contributed by atoms with Gasteiger partial charge in [-0.1, -0.05) is 37.3 Å². The number of carbonyl (C=O) groups is 2. The Kier molecular flexibility index (Phi) is 5.98. The van der Waals surface area contributed by atoms with Crippen molar-refractivity contribution in [3.8, 4) is 0 Å². The molecule has 0 fully saturated rings. The first kappa shape index (κ1) is 18.8. The van der Waals surface area contributed by atoms with Crippen molar-refractivity contribution >= 4 is 22.7 Å². The van der Waals surface area contributed by atoms with Crippen molar-refractivity contribution in [2.45, 2.75) is 13.5 Å². The molecule has 2 unspecified atom stereocenters. The van der Waals surface area contributed by atoms with Crippen LogP contribution in [0.15, 0.2) is 54.9 Å². The predicted octanol–water partition coefficient (Wildman–Crippen LogP) is 2.96. The van der Waals surface area contributed by atoms with Crippen LogP contribution in [0, 0.1) is 11.8 Å². The number of H-pyrrole nitrogens is 1. The summed E-state index contributed by atoms with van der Waals surface area (Å²) in [6.45, 7) is 2.34. The lowest BCUT2D eigenvalue weighted by Crippen LogP contribution is -2.38. The minimum atomic E-state index is -0.566. The average molecular weight is 365 g/mol. The van der Waals surface area contributed by atoms with Gasteiger partial charge in [0.15, 0.2) is 5.78 Å². The molecule has 0 aliphatic heterocycles. The molecule has 0 saturated carbocycles.